The van der Waals surface area contributed by atoms with Crippen LogP contribution in [0.3, 0.4) is 0 Å². The molecule has 2 rings (SSSR count). The molecule has 1 amide bonds. The molecule has 0 N–H and O–H groups in total. The van der Waals surface area contributed by atoms with Crippen molar-refractivity contribution in [2.45, 2.75) is 24.8 Å². The summed E-state index contributed by atoms with van der Waals surface area (Å²) in [5.74, 6) is 0.0285. The fraction of sp³-hybridized carbons (Fsp3) is 0.350. The normalized spacial score (nSPS) is 12.8. The number of carbonyl (C=O) groups excluding carboxylic acids is 1. The molecule has 0 unspecified atom stereocenters. The molecule has 0 fully saturated rings. The third-order valence-corrected chi connectivity index (χ3v) is 5.65. The minimum atomic E-state index is -3.20. The molecule has 0 aliphatic rings. The predicted octanol–water partition coefficient (Wildman–Crippen LogP) is 3.14. The molecule has 0 saturated carbocycles. The van der Waals surface area contributed by atoms with Gasteiger partial charge in [0, 0.05) is 24.5 Å². The summed E-state index contributed by atoms with van der Waals surface area (Å²) in [5.41, 5.74) is 1.86. The largest absolute Gasteiger partial charge is 0.312 e. The molecule has 0 heterocycles. The number of hydrogen-bond acceptors (Lipinski definition) is 4. The molecule has 0 spiro atoms. The Kier molecular flexibility index (Phi) is 6.56. The zero-order chi connectivity index (χ0) is 19.3. The monoisotopic (exact) mass is 374 g/mol. The maximum absolute atomic E-state index is 12.7. The van der Waals surface area contributed by atoms with Crippen molar-refractivity contribution in [3.05, 3.63) is 60.2 Å². The third kappa shape index (κ3) is 4.93. The van der Waals surface area contributed by atoms with E-state index in [-0.39, 0.29) is 18.5 Å². The average Bonchev–Trinajstić information content (AvgIpc) is 2.62. The van der Waals surface area contributed by atoms with Crippen molar-refractivity contribution in [2.75, 3.05) is 31.3 Å². The highest BCUT2D eigenvalue weighted by Crippen LogP contribution is 2.21. The maximum Gasteiger partial charge on any atom is 0.241 e. The Morgan fingerprint density at radius 3 is 2.12 bits per heavy atom. The summed E-state index contributed by atoms with van der Waals surface area (Å²) in [6.07, 6.45) is 1.19. The van der Waals surface area contributed by atoms with Gasteiger partial charge in [-0.2, -0.15) is 0 Å². The number of sulfone groups is 1. The summed E-state index contributed by atoms with van der Waals surface area (Å²) in [5, 5.41) is 0. The van der Waals surface area contributed by atoms with Gasteiger partial charge in [0.05, 0.1) is 11.4 Å². The van der Waals surface area contributed by atoms with Gasteiger partial charge in [0.15, 0.2) is 9.84 Å². The van der Waals surface area contributed by atoms with Gasteiger partial charge in [0.25, 0.3) is 0 Å². The zero-order valence-electron chi connectivity index (χ0n) is 15.7. The number of nitrogens with zero attached hydrogens (tertiary/aromatic N) is 2. The number of rotatable bonds is 7. The second-order valence-electron chi connectivity index (χ2n) is 6.41. The van der Waals surface area contributed by atoms with Gasteiger partial charge in [-0.1, -0.05) is 30.3 Å². The van der Waals surface area contributed by atoms with Gasteiger partial charge in [-0.15, -0.1) is 0 Å². The lowest BCUT2D eigenvalue weighted by molar-refractivity contribution is -0.119. The first kappa shape index (κ1) is 20.1. The Bertz CT molecular complexity index is 833. The number of anilines is 1. The van der Waals surface area contributed by atoms with Gasteiger partial charge in [0.2, 0.25) is 5.91 Å². The molecule has 2 aromatic carbocycles. The molecular weight excluding hydrogens is 348 g/mol. The molecular formula is C20H26N2O3S. The van der Waals surface area contributed by atoms with Crippen LogP contribution in [0.1, 0.15) is 25.5 Å². The second-order valence-corrected chi connectivity index (χ2v) is 8.42. The van der Waals surface area contributed by atoms with Crippen molar-refractivity contribution in [1.29, 1.82) is 0 Å². The second kappa shape index (κ2) is 8.47. The molecule has 26 heavy (non-hydrogen) atoms. The van der Waals surface area contributed by atoms with Crippen molar-refractivity contribution in [3.8, 4) is 0 Å². The minimum absolute atomic E-state index is 0.0120. The molecule has 0 radical (unpaired) electrons. The predicted molar refractivity (Wildman–Crippen MR) is 105 cm³/mol. The Labute approximate surface area is 156 Å². The van der Waals surface area contributed by atoms with Crippen molar-refractivity contribution < 1.29 is 13.2 Å². The van der Waals surface area contributed by atoms with Gasteiger partial charge in [-0.3, -0.25) is 9.69 Å². The van der Waals surface area contributed by atoms with Crippen LogP contribution in [-0.4, -0.2) is 45.6 Å². The lowest BCUT2D eigenvalue weighted by Crippen LogP contribution is -2.39. The first-order valence-corrected chi connectivity index (χ1v) is 10.5. The van der Waals surface area contributed by atoms with E-state index in [1.165, 1.54) is 6.26 Å². The molecule has 0 saturated heterocycles. The van der Waals surface area contributed by atoms with E-state index in [1.54, 1.807) is 29.2 Å². The average molecular weight is 375 g/mol. The van der Waals surface area contributed by atoms with E-state index in [4.69, 9.17) is 0 Å². The number of hydrogen-bond donors (Lipinski definition) is 0. The van der Waals surface area contributed by atoms with Crippen LogP contribution < -0.4 is 4.90 Å². The van der Waals surface area contributed by atoms with E-state index in [2.05, 4.69) is 0 Å². The molecule has 6 heteroatoms. The van der Waals surface area contributed by atoms with Crippen molar-refractivity contribution >= 4 is 21.4 Å². The molecule has 140 valence electrons. The quantitative estimate of drug-likeness (QED) is 0.747. The SMILES string of the molecule is CCN(C(=O)CN(C)[C@H](C)c1ccc(S(C)(=O)=O)cc1)c1ccccc1. The number of likely N-dealkylation sites (N-methyl/N-ethyl adjacent to an activating group) is 2. The fourth-order valence-corrected chi connectivity index (χ4v) is 3.42. The number of para-hydroxylation sites is 1. The van der Waals surface area contributed by atoms with Crippen LogP contribution >= 0.6 is 0 Å². The smallest absolute Gasteiger partial charge is 0.241 e. The molecule has 0 aliphatic carbocycles. The molecule has 0 bridgehead atoms. The molecule has 2 aromatic rings. The summed E-state index contributed by atoms with van der Waals surface area (Å²) in [6, 6.07) is 16.4. The van der Waals surface area contributed by atoms with Crippen LogP contribution in [0.4, 0.5) is 5.69 Å². The number of benzene rings is 2. The van der Waals surface area contributed by atoms with E-state index in [9.17, 15) is 13.2 Å². The summed E-state index contributed by atoms with van der Waals surface area (Å²) in [6.45, 7) is 4.84. The maximum atomic E-state index is 12.7. The van der Waals surface area contributed by atoms with Gasteiger partial charge >= 0.3 is 0 Å². The first-order valence-electron chi connectivity index (χ1n) is 8.59. The summed E-state index contributed by atoms with van der Waals surface area (Å²) in [4.78, 5) is 16.7. The highest BCUT2D eigenvalue weighted by molar-refractivity contribution is 7.90. The Balaban J connectivity index is 2.08. The number of amides is 1. The standard InChI is InChI=1S/C20H26N2O3S/c1-5-22(18-9-7-6-8-10-18)20(23)15-21(3)16(2)17-11-13-19(14-12-17)26(4,24)25/h6-14,16H,5,15H2,1-4H3/t16-/m1/s1. The molecule has 0 aromatic heterocycles. The van der Waals surface area contributed by atoms with E-state index in [1.807, 2.05) is 56.1 Å². The van der Waals surface area contributed by atoms with Crippen LogP contribution in [-0.2, 0) is 14.6 Å². The summed E-state index contributed by atoms with van der Waals surface area (Å²) in [7, 11) is -1.31. The topological polar surface area (TPSA) is 57.7 Å². The van der Waals surface area contributed by atoms with Gasteiger partial charge < -0.3 is 4.90 Å². The Morgan fingerprint density at radius 2 is 1.62 bits per heavy atom. The van der Waals surface area contributed by atoms with Gasteiger partial charge in [-0.05, 0) is 50.7 Å². The van der Waals surface area contributed by atoms with Crippen LogP contribution in [0, 0.1) is 0 Å². The van der Waals surface area contributed by atoms with Crippen LogP contribution in [0.15, 0.2) is 59.5 Å². The third-order valence-electron chi connectivity index (χ3n) is 4.52. The Hall–Kier alpha value is -2.18. The first-order chi connectivity index (χ1) is 12.2. The van der Waals surface area contributed by atoms with Crippen LogP contribution in [0.2, 0.25) is 0 Å². The lowest BCUT2D eigenvalue weighted by Gasteiger charge is -2.28. The summed E-state index contributed by atoms with van der Waals surface area (Å²) >= 11 is 0. The minimum Gasteiger partial charge on any atom is -0.312 e. The van der Waals surface area contributed by atoms with Gasteiger partial charge in [-0.25, -0.2) is 8.42 Å². The molecule has 5 nitrogen and oxygen atoms in total. The van der Waals surface area contributed by atoms with E-state index in [0.29, 0.717) is 11.4 Å². The molecule has 1 atom stereocenters. The lowest BCUT2D eigenvalue weighted by atomic mass is 10.1. The molecule has 0 aliphatic heterocycles. The van der Waals surface area contributed by atoms with E-state index in [0.717, 1.165) is 11.3 Å². The van der Waals surface area contributed by atoms with Crippen molar-refractivity contribution in [3.63, 3.8) is 0 Å². The van der Waals surface area contributed by atoms with Crippen molar-refractivity contribution in [1.82, 2.24) is 4.90 Å². The summed E-state index contributed by atoms with van der Waals surface area (Å²) < 4.78 is 23.2. The van der Waals surface area contributed by atoms with Gasteiger partial charge in [0.1, 0.15) is 0 Å². The van der Waals surface area contributed by atoms with Crippen molar-refractivity contribution in [2.24, 2.45) is 0 Å². The Morgan fingerprint density at radius 1 is 1.04 bits per heavy atom. The van der Waals surface area contributed by atoms with E-state index >= 15 is 0 Å². The number of carbonyl (C=O) groups is 1. The fourth-order valence-electron chi connectivity index (χ4n) is 2.79. The highest BCUT2D eigenvalue weighted by Gasteiger charge is 2.20. The highest BCUT2D eigenvalue weighted by atomic mass is 32.2. The van der Waals surface area contributed by atoms with Crippen LogP contribution in [0.5, 0.6) is 0 Å². The zero-order valence-corrected chi connectivity index (χ0v) is 16.5. The van der Waals surface area contributed by atoms with E-state index < -0.39 is 9.84 Å². The van der Waals surface area contributed by atoms with Crippen LogP contribution in [0.25, 0.3) is 0 Å².